The molecule has 0 aliphatic rings. The first-order valence-corrected chi connectivity index (χ1v) is 8.80. The lowest BCUT2D eigenvalue weighted by Gasteiger charge is -2.13. The van der Waals surface area contributed by atoms with Crippen LogP contribution in [0.3, 0.4) is 0 Å². The fourth-order valence-electron chi connectivity index (χ4n) is 2.95. The number of benzene rings is 2. The van der Waals surface area contributed by atoms with Gasteiger partial charge >= 0.3 is 0 Å². The summed E-state index contributed by atoms with van der Waals surface area (Å²) >= 11 is 0. The van der Waals surface area contributed by atoms with E-state index >= 15 is 0 Å². The number of fused-ring (bicyclic) bond motifs is 1. The third-order valence-corrected chi connectivity index (χ3v) is 4.45. The van der Waals surface area contributed by atoms with Crippen LogP contribution in [0.1, 0.15) is 34.6 Å². The number of nitrogens with one attached hydrogen (secondary N) is 1. The summed E-state index contributed by atoms with van der Waals surface area (Å²) in [6, 6.07) is 20.9. The Balaban J connectivity index is 1.45. The monoisotopic (exact) mass is 357 g/mol. The maximum atomic E-state index is 12.5. The summed E-state index contributed by atoms with van der Waals surface area (Å²) in [5.74, 6) is -0.120. The zero-order valence-electron chi connectivity index (χ0n) is 14.9. The number of rotatable bonds is 5. The van der Waals surface area contributed by atoms with Crippen LogP contribution >= 0.6 is 0 Å². The van der Waals surface area contributed by atoms with Gasteiger partial charge in [-0.1, -0.05) is 35.5 Å². The lowest BCUT2D eigenvalue weighted by Crippen LogP contribution is -2.27. The number of hydrogen-bond acceptors (Lipinski definition) is 4. The first kappa shape index (κ1) is 16.9. The highest BCUT2D eigenvalue weighted by atomic mass is 16.1. The predicted molar refractivity (Wildman–Crippen MR) is 103 cm³/mol. The number of hydrogen-bond donors (Lipinski definition) is 1. The van der Waals surface area contributed by atoms with Crippen LogP contribution in [0.4, 0.5) is 0 Å². The first-order valence-electron chi connectivity index (χ1n) is 8.80. The van der Waals surface area contributed by atoms with Gasteiger partial charge in [0, 0.05) is 11.8 Å². The van der Waals surface area contributed by atoms with E-state index in [0.717, 1.165) is 22.3 Å². The van der Waals surface area contributed by atoms with Gasteiger partial charge < -0.3 is 5.32 Å². The minimum atomic E-state index is -0.153. The van der Waals surface area contributed by atoms with Crippen molar-refractivity contribution >= 4 is 16.9 Å². The molecule has 0 spiro atoms. The molecule has 134 valence electrons. The van der Waals surface area contributed by atoms with Gasteiger partial charge in [0.1, 0.15) is 5.52 Å². The Labute approximate surface area is 156 Å². The second-order valence-corrected chi connectivity index (χ2v) is 6.38. The number of nitrogens with zero attached hydrogens (tertiary/aromatic N) is 4. The number of carbonyl (C=O) groups is 1. The topological polar surface area (TPSA) is 72.7 Å². The van der Waals surface area contributed by atoms with E-state index in [-0.39, 0.29) is 11.9 Å². The summed E-state index contributed by atoms with van der Waals surface area (Å²) in [5.41, 5.74) is 4.37. The molecule has 1 amide bonds. The summed E-state index contributed by atoms with van der Waals surface area (Å²) in [6.45, 7) is 2.52. The third kappa shape index (κ3) is 3.69. The molecule has 0 fully saturated rings. The van der Waals surface area contributed by atoms with Crippen LogP contribution in [0.2, 0.25) is 0 Å². The average molecular weight is 357 g/mol. The van der Waals surface area contributed by atoms with Gasteiger partial charge in [-0.3, -0.25) is 9.78 Å². The molecule has 0 bridgehead atoms. The Hall–Kier alpha value is -3.54. The molecule has 1 unspecified atom stereocenters. The number of para-hydroxylation sites is 1. The first-order chi connectivity index (χ1) is 13.2. The zero-order valence-corrected chi connectivity index (χ0v) is 14.9. The summed E-state index contributed by atoms with van der Waals surface area (Å²) in [6.07, 6.45) is 1.72. The molecule has 0 saturated carbocycles. The highest BCUT2D eigenvalue weighted by molar-refractivity contribution is 5.94. The van der Waals surface area contributed by atoms with E-state index in [1.165, 1.54) is 0 Å². The van der Waals surface area contributed by atoms with Gasteiger partial charge in [-0.25, -0.2) is 4.68 Å². The van der Waals surface area contributed by atoms with Crippen molar-refractivity contribution in [1.82, 2.24) is 25.3 Å². The molecule has 27 heavy (non-hydrogen) atoms. The molecule has 6 nitrogen and oxygen atoms in total. The smallest absolute Gasteiger partial charge is 0.251 e. The Kier molecular flexibility index (Phi) is 4.61. The summed E-state index contributed by atoms with van der Waals surface area (Å²) in [4.78, 5) is 16.7. The molecule has 2 heterocycles. The van der Waals surface area contributed by atoms with E-state index in [4.69, 9.17) is 0 Å². The van der Waals surface area contributed by atoms with E-state index in [2.05, 4.69) is 20.6 Å². The van der Waals surface area contributed by atoms with Crippen LogP contribution in [-0.4, -0.2) is 25.9 Å². The number of aromatic nitrogens is 4. The molecular weight excluding hydrogens is 338 g/mol. The third-order valence-electron chi connectivity index (χ3n) is 4.45. The van der Waals surface area contributed by atoms with Crippen molar-refractivity contribution in [1.29, 1.82) is 0 Å². The number of amides is 1. The Morgan fingerprint density at radius 1 is 1.04 bits per heavy atom. The molecule has 2 aromatic carbocycles. The van der Waals surface area contributed by atoms with E-state index in [0.29, 0.717) is 12.1 Å². The van der Waals surface area contributed by atoms with Crippen molar-refractivity contribution in [3.8, 4) is 0 Å². The van der Waals surface area contributed by atoms with Crippen LogP contribution in [0.5, 0.6) is 0 Å². The van der Waals surface area contributed by atoms with Crippen LogP contribution in [0.15, 0.2) is 72.9 Å². The quantitative estimate of drug-likeness (QED) is 0.594. The highest BCUT2D eigenvalue weighted by Gasteiger charge is 2.12. The van der Waals surface area contributed by atoms with Gasteiger partial charge in [-0.05, 0) is 48.9 Å². The van der Waals surface area contributed by atoms with Gasteiger partial charge in [0.05, 0.1) is 23.8 Å². The van der Waals surface area contributed by atoms with Crippen LogP contribution in [0.25, 0.3) is 11.0 Å². The van der Waals surface area contributed by atoms with Crippen molar-refractivity contribution in [3.63, 3.8) is 0 Å². The maximum absolute atomic E-state index is 12.5. The Morgan fingerprint density at radius 2 is 1.81 bits per heavy atom. The van der Waals surface area contributed by atoms with Gasteiger partial charge in [-0.15, -0.1) is 5.10 Å². The van der Waals surface area contributed by atoms with Crippen LogP contribution < -0.4 is 5.32 Å². The molecule has 0 aliphatic carbocycles. The van der Waals surface area contributed by atoms with Gasteiger partial charge in [0.2, 0.25) is 0 Å². The molecular formula is C21H19N5O. The van der Waals surface area contributed by atoms with Crippen molar-refractivity contribution in [2.75, 3.05) is 0 Å². The predicted octanol–water partition coefficient (Wildman–Crippen LogP) is 3.37. The molecule has 0 saturated heterocycles. The van der Waals surface area contributed by atoms with Gasteiger partial charge in [0.15, 0.2) is 0 Å². The minimum absolute atomic E-state index is 0.120. The molecule has 2 aromatic heterocycles. The summed E-state index contributed by atoms with van der Waals surface area (Å²) < 4.78 is 1.85. The second-order valence-electron chi connectivity index (χ2n) is 6.38. The second kappa shape index (κ2) is 7.37. The van der Waals surface area contributed by atoms with E-state index in [1.807, 2.05) is 78.3 Å². The number of pyridine rings is 1. The molecule has 4 aromatic rings. The fourth-order valence-corrected chi connectivity index (χ4v) is 2.95. The fraction of sp³-hybridized carbons (Fsp3) is 0.143. The van der Waals surface area contributed by atoms with Gasteiger partial charge in [0.25, 0.3) is 5.91 Å². The lowest BCUT2D eigenvalue weighted by molar-refractivity contribution is 0.0939. The summed E-state index contributed by atoms with van der Waals surface area (Å²) in [7, 11) is 0. The molecule has 0 aliphatic heterocycles. The normalized spacial score (nSPS) is 12.0. The maximum Gasteiger partial charge on any atom is 0.251 e. The molecule has 6 heteroatoms. The van der Waals surface area contributed by atoms with E-state index < -0.39 is 0 Å². The lowest BCUT2D eigenvalue weighted by atomic mass is 10.1. The van der Waals surface area contributed by atoms with Crippen molar-refractivity contribution in [2.45, 2.75) is 19.5 Å². The molecule has 1 atom stereocenters. The minimum Gasteiger partial charge on any atom is -0.344 e. The molecule has 4 rings (SSSR count). The Bertz CT molecular complexity index is 1060. The van der Waals surface area contributed by atoms with Gasteiger partial charge in [-0.2, -0.15) is 0 Å². The van der Waals surface area contributed by atoms with Crippen molar-refractivity contribution < 1.29 is 4.79 Å². The SMILES string of the molecule is CC(NC(=O)c1ccc(Cn2nnc3ccccc32)cc1)c1ccccn1. The average Bonchev–Trinajstić information content (AvgIpc) is 3.12. The molecule has 0 radical (unpaired) electrons. The standard InChI is InChI=1S/C21H19N5O/c1-15(18-6-4-5-13-22-18)23-21(27)17-11-9-16(10-12-17)14-26-20-8-3-2-7-19(20)24-25-26/h2-13,15H,14H2,1H3,(H,23,27). The number of carbonyl (C=O) groups excluding carboxylic acids is 1. The van der Waals surface area contributed by atoms with Crippen molar-refractivity contribution in [3.05, 3.63) is 89.7 Å². The Morgan fingerprint density at radius 3 is 2.59 bits per heavy atom. The van der Waals surface area contributed by atoms with E-state index in [1.54, 1.807) is 6.20 Å². The largest absolute Gasteiger partial charge is 0.344 e. The summed E-state index contributed by atoms with van der Waals surface area (Å²) in [5, 5.41) is 11.3. The highest BCUT2D eigenvalue weighted by Crippen LogP contribution is 2.14. The van der Waals surface area contributed by atoms with Crippen molar-refractivity contribution in [2.24, 2.45) is 0 Å². The van der Waals surface area contributed by atoms with E-state index in [9.17, 15) is 4.79 Å². The molecule has 1 N–H and O–H groups in total. The van der Waals surface area contributed by atoms with Crippen LogP contribution in [0, 0.1) is 0 Å². The van der Waals surface area contributed by atoms with Crippen LogP contribution in [-0.2, 0) is 6.54 Å². The zero-order chi connectivity index (χ0) is 18.6.